The second kappa shape index (κ2) is 8.30. The van der Waals surface area contributed by atoms with Crippen molar-refractivity contribution >= 4 is 24.0 Å². The first kappa shape index (κ1) is 20.1. The number of carbonyl (C=O) groups excluding carboxylic acids is 1. The van der Waals surface area contributed by atoms with E-state index < -0.39 is 0 Å². The van der Waals surface area contributed by atoms with Crippen LogP contribution >= 0.6 is 0 Å². The molecule has 0 aliphatic carbocycles. The predicted molar refractivity (Wildman–Crippen MR) is 117 cm³/mol. The molecule has 0 N–H and O–H groups in total. The van der Waals surface area contributed by atoms with Gasteiger partial charge in [-0.15, -0.1) is 0 Å². The Balaban J connectivity index is 1.53. The summed E-state index contributed by atoms with van der Waals surface area (Å²) in [6.07, 6.45) is 4.47. The average Bonchev–Trinajstić information content (AvgIpc) is 3.34. The van der Waals surface area contributed by atoms with Gasteiger partial charge in [-0.2, -0.15) is 0 Å². The van der Waals surface area contributed by atoms with Crippen LogP contribution in [0.4, 0.5) is 10.1 Å². The van der Waals surface area contributed by atoms with E-state index in [1.807, 2.05) is 42.4 Å². The average molecular weight is 407 g/mol. The molecule has 2 atom stereocenters. The summed E-state index contributed by atoms with van der Waals surface area (Å²) in [6, 6.07) is 12.5. The maximum absolute atomic E-state index is 13.2. The Labute approximate surface area is 176 Å². The Morgan fingerprint density at radius 2 is 2.00 bits per heavy atom. The summed E-state index contributed by atoms with van der Waals surface area (Å²) >= 11 is 0. The number of hydrogen-bond acceptors (Lipinski definition) is 4. The molecule has 0 bridgehead atoms. The lowest BCUT2D eigenvalue weighted by molar-refractivity contribution is -0.126. The summed E-state index contributed by atoms with van der Waals surface area (Å²) in [5.41, 5.74) is 3.60. The van der Waals surface area contributed by atoms with Gasteiger partial charge in [0.1, 0.15) is 11.6 Å². The summed E-state index contributed by atoms with van der Waals surface area (Å²) in [6.45, 7) is 5.53. The van der Waals surface area contributed by atoms with E-state index in [1.54, 1.807) is 19.2 Å². The molecule has 0 saturated carbocycles. The van der Waals surface area contributed by atoms with Crippen LogP contribution in [0.1, 0.15) is 37.4 Å². The van der Waals surface area contributed by atoms with E-state index in [2.05, 4.69) is 16.8 Å². The Morgan fingerprint density at radius 1 is 1.23 bits per heavy atom. The molecule has 2 heterocycles. The molecular weight excluding hydrogens is 381 g/mol. The Bertz CT molecular complexity index is 1000. The van der Waals surface area contributed by atoms with Crippen LogP contribution in [0.2, 0.25) is 0 Å². The molecule has 6 heteroatoms. The smallest absolute Gasteiger partial charge is 0.250 e. The van der Waals surface area contributed by atoms with E-state index in [-0.39, 0.29) is 23.8 Å². The van der Waals surface area contributed by atoms with Crippen LogP contribution in [0, 0.1) is 5.82 Å². The van der Waals surface area contributed by atoms with Crippen LogP contribution in [-0.2, 0) is 4.79 Å². The molecule has 4 rings (SSSR count). The molecule has 2 aliphatic rings. The van der Waals surface area contributed by atoms with Gasteiger partial charge in [0.2, 0.25) is 5.91 Å². The zero-order chi connectivity index (χ0) is 21.3. The molecule has 0 aromatic heterocycles. The zero-order valence-electron chi connectivity index (χ0n) is 17.5. The van der Waals surface area contributed by atoms with Crippen LogP contribution in [0.3, 0.4) is 0 Å². The van der Waals surface area contributed by atoms with E-state index in [1.165, 1.54) is 12.1 Å². The molecule has 2 aromatic carbocycles. The van der Waals surface area contributed by atoms with Gasteiger partial charge in [0.25, 0.3) is 0 Å². The van der Waals surface area contributed by atoms with Gasteiger partial charge in [0.15, 0.2) is 0 Å². The summed E-state index contributed by atoms with van der Waals surface area (Å²) in [5.74, 6) is 0.508. The fourth-order valence-electron chi connectivity index (χ4n) is 4.01. The van der Waals surface area contributed by atoms with Crippen LogP contribution in [0.25, 0.3) is 6.08 Å². The third kappa shape index (κ3) is 3.95. The maximum Gasteiger partial charge on any atom is 0.250 e. The SMILES string of the molecule is COc1cc(/C=C2\CCN([C@@H](C)c3ccc(F)cc3)C2=O)ccc1N1C=NC(C)C1. The normalized spacial score (nSPS) is 21.0. The van der Waals surface area contributed by atoms with Gasteiger partial charge in [-0.1, -0.05) is 18.2 Å². The molecule has 156 valence electrons. The van der Waals surface area contributed by atoms with E-state index in [0.29, 0.717) is 13.0 Å². The number of hydrogen-bond donors (Lipinski definition) is 0. The van der Waals surface area contributed by atoms with Gasteiger partial charge in [0.05, 0.1) is 31.2 Å². The first-order chi connectivity index (χ1) is 14.5. The summed E-state index contributed by atoms with van der Waals surface area (Å²) < 4.78 is 18.8. The number of halogens is 1. The van der Waals surface area contributed by atoms with Crippen molar-refractivity contribution in [1.82, 2.24) is 4.90 Å². The van der Waals surface area contributed by atoms with Crippen LogP contribution in [-0.4, -0.2) is 43.4 Å². The zero-order valence-corrected chi connectivity index (χ0v) is 17.5. The third-order valence-corrected chi connectivity index (χ3v) is 5.75. The van der Waals surface area contributed by atoms with Crippen LogP contribution < -0.4 is 9.64 Å². The number of benzene rings is 2. The number of aliphatic imine (C=N–C) groups is 1. The monoisotopic (exact) mass is 407 g/mol. The molecule has 2 aromatic rings. The van der Waals surface area contributed by atoms with Crippen molar-refractivity contribution in [3.63, 3.8) is 0 Å². The number of methoxy groups -OCH3 is 1. The minimum Gasteiger partial charge on any atom is -0.495 e. The fraction of sp³-hybridized carbons (Fsp3) is 0.333. The van der Waals surface area contributed by atoms with Crippen molar-refractivity contribution in [3.8, 4) is 5.75 Å². The predicted octanol–water partition coefficient (Wildman–Crippen LogP) is 4.45. The Kier molecular flexibility index (Phi) is 5.57. The molecule has 2 aliphatic heterocycles. The minimum absolute atomic E-state index is 0.0235. The first-order valence-corrected chi connectivity index (χ1v) is 10.2. The summed E-state index contributed by atoms with van der Waals surface area (Å²) in [5, 5.41) is 0. The van der Waals surface area contributed by atoms with Crippen molar-refractivity contribution in [2.75, 3.05) is 25.1 Å². The lowest BCUT2D eigenvalue weighted by atomic mass is 10.1. The molecule has 30 heavy (non-hydrogen) atoms. The fourth-order valence-corrected chi connectivity index (χ4v) is 4.01. The molecule has 5 nitrogen and oxygen atoms in total. The number of carbonyl (C=O) groups is 1. The Hall–Kier alpha value is -3.15. The van der Waals surface area contributed by atoms with Crippen molar-refractivity contribution in [3.05, 3.63) is 65.0 Å². The van der Waals surface area contributed by atoms with Gasteiger partial charge in [-0.05, 0) is 61.7 Å². The van der Waals surface area contributed by atoms with Crippen molar-refractivity contribution in [2.24, 2.45) is 4.99 Å². The third-order valence-electron chi connectivity index (χ3n) is 5.75. The summed E-state index contributed by atoms with van der Waals surface area (Å²) in [7, 11) is 1.65. The molecule has 0 radical (unpaired) electrons. The highest BCUT2D eigenvalue weighted by atomic mass is 19.1. The first-order valence-electron chi connectivity index (χ1n) is 10.2. The molecule has 1 amide bonds. The number of anilines is 1. The maximum atomic E-state index is 13.2. The highest BCUT2D eigenvalue weighted by molar-refractivity contribution is 6.00. The Morgan fingerprint density at radius 3 is 2.67 bits per heavy atom. The highest BCUT2D eigenvalue weighted by Gasteiger charge is 2.30. The molecule has 0 spiro atoms. The lowest BCUT2D eigenvalue weighted by Gasteiger charge is -2.24. The van der Waals surface area contributed by atoms with Crippen molar-refractivity contribution < 1.29 is 13.9 Å². The second-order valence-corrected chi connectivity index (χ2v) is 7.84. The van der Waals surface area contributed by atoms with E-state index in [9.17, 15) is 9.18 Å². The molecule has 1 saturated heterocycles. The number of amides is 1. The van der Waals surface area contributed by atoms with Crippen LogP contribution in [0.5, 0.6) is 5.75 Å². The molecular formula is C24H26FN3O2. The van der Waals surface area contributed by atoms with Gasteiger partial charge in [-0.3, -0.25) is 9.79 Å². The largest absolute Gasteiger partial charge is 0.495 e. The van der Waals surface area contributed by atoms with Crippen molar-refractivity contribution in [1.29, 1.82) is 0 Å². The second-order valence-electron chi connectivity index (χ2n) is 7.84. The van der Waals surface area contributed by atoms with Gasteiger partial charge < -0.3 is 14.5 Å². The van der Waals surface area contributed by atoms with Crippen molar-refractivity contribution in [2.45, 2.75) is 32.4 Å². The van der Waals surface area contributed by atoms with Gasteiger partial charge in [-0.25, -0.2) is 4.39 Å². The van der Waals surface area contributed by atoms with Crippen LogP contribution in [0.15, 0.2) is 53.0 Å². The van der Waals surface area contributed by atoms with E-state index in [4.69, 9.17) is 4.74 Å². The lowest BCUT2D eigenvalue weighted by Crippen LogP contribution is -2.28. The van der Waals surface area contributed by atoms with Gasteiger partial charge >= 0.3 is 0 Å². The highest BCUT2D eigenvalue weighted by Crippen LogP contribution is 2.33. The number of nitrogens with zero attached hydrogens (tertiary/aromatic N) is 3. The standard InChI is InChI=1S/C24H26FN3O2/c1-16-14-27(15-26-16)22-9-4-18(13-23(22)30-3)12-20-10-11-28(24(20)29)17(2)19-5-7-21(25)8-6-19/h4-9,12-13,15-17H,10-11,14H2,1-3H3/b20-12+/t16?,17-/m0/s1. The number of likely N-dealkylation sites (tertiary alicyclic amines) is 1. The molecule has 1 fully saturated rings. The van der Waals surface area contributed by atoms with Gasteiger partial charge in [0, 0.05) is 18.7 Å². The minimum atomic E-state index is -0.272. The number of rotatable bonds is 5. The van der Waals surface area contributed by atoms with E-state index in [0.717, 1.165) is 34.7 Å². The molecule has 1 unspecified atom stereocenters. The number of ether oxygens (including phenoxy) is 1. The summed E-state index contributed by atoms with van der Waals surface area (Å²) in [4.78, 5) is 21.3. The quantitative estimate of drug-likeness (QED) is 0.688. The van der Waals surface area contributed by atoms with E-state index >= 15 is 0 Å². The topological polar surface area (TPSA) is 45.1 Å².